The number of aliphatic carboxylic acids is 1. The number of esters is 1. The van der Waals surface area contributed by atoms with Gasteiger partial charge in [-0.1, -0.05) is 146 Å². The summed E-state index contributed by atoms with van der Waals surface area (Å²) in [7, 11) is 0. The van der Waals surface area contributed by atoms with Gasteiger partial charge in [-0.15, -0.1) is 0 Å². The molecule has 0 spiro atoms. The molecule has 0 radical (unpaired) electrons. The van der Waals surface area contributed by atoms with E-state index in [1.54, 1.807) is 18.2 Å². The van der Waals surface area contributed by atoms with Gasteiger partial charge in [0, 0.05) is 24.0 Å². The van der Waals surface area contributed by atoms with E-state index in [0.29, 0.717) is 30.8 Å². The molecular formula is C58H54N2O8. The van der Waals surface area contributed by atoms with Crippen LogP contribution in [0.1, 0.15) is 63.7 Å². The standard InChI is InChI=1S/C31H31NO4.C27H23NO4/c1-31(2,3)36-30(34)28(18-22-10-6-4-7-11-22)32-29(33)26-15-14-25-20-27(17-16-24(25)19-26)35-21-23-12-8-5-9-13-23;29-26(28-25(27(30)31)15-19-7-3-1-4-8-19)23-12-11-22-17-24(14-13-21(22)16-23)32-18-20-9-5-2-6-10-20/h4-17,19-20,28H,18,21H2,1-3H3,(H,32,33);1-14,16-17,25H,15,18H2,(H,28,29)(H,30,31)/t28-;25-/m11/s1. The van der Waals surface area contributed by atoms with Crippen molar-refractivity contribution in [2.45, 2.75) is 64.5 Å². The van der Waals surface area contributed by atoms with Crippen LogP contribution in [-0.4, -0.2) is 46.5 Å². The van der Waals surface area contributed by atoms with Gasteiger partial charge < -0.3 is 30.0 Å². The normalized spacial score (nSPS) is 11.9. The molecule has 0 saturated heterocycles. The third-order valence-corrected chi connectivity index (χ3v) is 10.8. The van der Waals surface area contributed by atoms with Crippen molar-refractivity contribution in [1.29, 1.82) is 0 Å². The minimum atomic E-state index is -1.07. The number of benzene rings is 8. The summed E-state index contributed by atoms with van der Waals surface area (Å²) in [5.74, 6) is -0.764. The van der Waals surface area contributed by atoms with Gasteiger partial charge in [0.25, 0.3) is 11.8 Å². The van der Waals surface area contributed by atoms with Crippen LogP contribution in [0.3, 0.4) is 0 Å². The van der Waals surface area contributed by atoms with Crippen molar-refractivity contribution in [3.05, 3.63) is 228 Å². The van der Waals surface area contributed by atoms with Gasteiger partial charge in [0.1, 0.15) is 42.4 Å². The Balaban J connectivity index is 0.000000203. The van der Waals surface area contributed by atoms with Crippen molar-refractivity contribution < 1.29 is 38.5 Å². The van der Waals surface area contributed by atoms with E-state index in [4.69, 9.17) is 14.2 Å². The van der Waals surface area contributed by atoms with E-state index in [1.165, 1.54) is 0 Å². The summed E-state index contributed by atoms with van der Waals surface area (Å²) in [6.07, 6.45) is 0.564. The van der Waals surface area contributed by atoms with Crippen molar-refractivity contribution in [3.63, 3.8) is 0 Å². The molecule has 2 atom stereocenters. The van der Waals surface area contributed by atoms with Crippen molar-refractivity contribution in [1.82, 2.24) is 10.6 Å². The molecule has 0 fully saturated rings. The van der Waals surface area contributed by atoms with E-state index in [9.17, 15) is 24.3 Å². The Bertz CT molecular complexity index is 2960. The maximum Gasteiger partial charge on any atom is 0.329 e. The first-order chi connectivity index (χ1) is 32.8. The Kier molecular flexibility index (Phi) is 16.0. The first kappa shape index (κ1) is 47.7. The number of carboxylic acids is 1. The number of fused-ring (bicyclic) bond motifs is 2. The molecule has 344 valence electrons. The number of carbonyl (C=O) groups is 4. The zero-order valence-corrected chi connectivity index (χ0v) is 38.3. The number of carboxylic acid groups (broad SMARTS) is 1. The van der Waals surface area contributed by atoms with Crippen molar-refractivity contribution in [3.8, 4) is 11.5 Å². The maximum atomic E-state index is 13.1. The summed E-state index contributed by atoms with van der Waals surface area (Å²) in [6.45, 7) is 6.40. The van der Waals surface area contributed by atoms with Crippen LogP contribution >= 0.6 is 0 Å². The minimum absolute atomic E-state index is 0.220. The number of ether oxygens (including phenoxy) is 3. The number of amides is 2. The lowest BCUT2D eigenvalue weighted by Gasteiger charge is -2.24. The second kappa shape index (κ2) is 22.8. The third-order valence-electron chi connectivity index (χ3n) is 10.8. The zero-order chi connectivity index (χ0) is 47.9. The van der Waals surface area contributed by atoms with Crippen LogP contribution in [0.5, 0.6) is 11.5 Å². The third kappa shape index (κ3) is 14.1. The Morgan fingerprint density at radius 1 is 0.456 bits per heavy atom. The SMILES string of the molecule is CC(C)(C)OC(=O)[C@@H](Cc1ccccc1)NC(=O)c1ccc2cc(OCc3ccccc3)ccc2c1.O=C(N[C@H](Cc1ccccc1)C(=O)O)c1ccc2cc(OCc3ccccc3)ccc2c1. The summed E-state index contributed by atoms with van der Waals surface area (Å²) in [5, 5.41) is 18.7. The van der Waals surface area contributed by atoms with Gasteiger partial charge >= 0.3 is 11.9 Å². The smallest absolute Gasteiger partial charge is 0.329 e. The lowest BCUT2D eigenvalue weighted by Crippen LogP contribution is -2.45. The Morgan fingerprint density at radius 3 is 1.21 bits per heavy atom. The number of hydrogen-bond donors (Lipinski definition) is 3. The van der Waals surface area contributed by atoms with Crippen LogP contribution in [0.15, 0.2) is 194 Å². The van der Waals surface area contributed by atoms with Crippen LogP contribution in [0.25, 0.3) is 21.5 Å². The fourth-order valence-electron chi connectivity index (χ4n) is 7.34. The molecule has 10 heteroatoms. The zero-order valence-electron chi connectivity index (χ0n) is 38.3. The molecule has 2 amide bonds. The van der Waals surface area contributed by atoms with E-state index in [0.717, 1.165) is 55.3 Å². The second-order valence-corrected chi connectivity index (χ2v) is 17.3. The van der Waals surface area contributed by atoms with Crippen molar-refractivity contribution >= 4 is 45.3 Å². The van der Waals surface area contributed by atoms with Crippen molar-refractivity contribution in [2.75, 3.05) is 0 Å². The maximum absolute atomic E-state index is 13.1. The summed E-state index contributed by atoms with van der Waals surface area (Å²) in [4.78, 5) is 50.4. The van der Waals surface area contributed by atoms with E-state index in [1.807, 2.05) is 197 Å². The van der Waals surface area contributed by atoms with Gasteiger partial charge in [0.15, 0.2) is 0 Å². The molecule has 0 heterocycles. The van der Waals surface area contributed by atoms with Gasteiger partial charge in [-0.3, -0.25) is 9.59 Å². The van der Waals surface area contributed by atoms with Gasteiger partial charge in [-0.25, -0.2) is 9.59 Å². The van der Waals surface area contributed by atoms with E-state index in [2.05, 4.69) is 10.6 Å². The molecule has 8 rings (SSSR count). The van der Waals surface area contributed by atoms with Crippen molar-refractivity contribution in [2.24, 2.45) is 0 Å². The number of carbonyl (C=O) groups excluding carboxylic acids is 3. The minimum Gasteiger partial charge on any atom is -0.489 e. The first-order valence-corrected chi connectivity index (χ1v) is 22.4. The fourth-order valence-corrected chi connectivity index (χ4v) is 7.34. The highest BCUT2D eigenvalue weighted by Gasteiger charge is 2.28. The predicted octanol–water partition coefficient (Wildman–Crippen LogP) is 10.9. The molecule has 0 unspecified atom stereocenters. The molecular weight excluding hydrogens is 853 g/mol. The topological polar surface area (TPSA) is 140 Å². The summed E-state index contributed by atoms with van der Waals surface area (Å²) >= 11 is 0. The Morgan fingerprint density at radius 2 is 0.809 bits per heavy atom. The molecule has 10 nitrogen and oxygen atoms in total. The average molecular weight is 907 g/mol. The monoisotopic (exact) mass is 906 g/mol. The molecule has 0 saturated carbocycles. The lowest BCUT2D eigenvalue weighted by molar-refractivity contribution is -0.157. The quantitative estimate of drug-likeness (QED) is 0.0814. The number of rotatable bonds is 16. The number of hydrogen-bond acceptors (Lipinski definition) is 7. The lowest BCUT2D eigenvalue weighted by atomic mass is 10.0. The molecule has 68 heavy (non-hydrogen) atoms. The second-order valence-electron chi connectivity index (χ2n) is 17.3. The summed E-state index contributed by atoms with van der Waals surface area (Å²) in [5.41, 5.74) is 4.21. The molecule has 0 bridgehead atoms. The molecule has 0 aliphatic heterocycles. The van der Waals surface area contributed by atoms with Gasteiger partial charge in [-0.05, 0) is 113 Å². The Hall–Kier alpha value is -8.24. The highest BCUT2D eigenvalue weighted by atomic mass is 16.6. The predicted molar refractivity (Wildman–Crippen MR) is 266 cm³/mol. The van der Waals surface area contributed by atoms with E-state index >= 15 is 0 Å². The molecule has 8 aromatic rings. The number of nitrogens with one attached hydrogen (secondary N) is 2. The van der Waals surface area contributed by atoms with Crippen LogP contribution in [-0.2, 0) is 40.4 Å². The average Bonchev–Trinajstić information content (AvgIpc) is 3.35. The Labute approximate surface area is 396 Å². The molecule has 8 aromatic carbocycles. The van der Waals surface area contributed by atoms with Crippen LogP contribution in [0.2, 0.25) is 0 Å². The van der Waals surface area contributed by atoms with E-state index in [-0.39, 0.29) is 12.3 Å². The van der Waals surface area contributed by atoms with Crippen LogP contribution in [0.4, 0.5) is 0 Å². The highest BCUT2D eigenvalue weighted by Crippen LogP contribution is 2.25. The van der Waals surface area contributed by atoms with E-state index < -0.39 is 35.5 Å². The van der Waals surface area contributed by atoms with Gasteiger partial charge in [0.2, 0.25) is 0 Å². The van der Waals surface area contributed by atoms with Gasteiger partial charge in [0.05, 0.1) is 0 Å². The summed E-state index contributed by atoms with van der Waals surface area (Å²) in [6, 6.07) is 59.2. The largest absolute Gasteiger partial charge is 0.489 e. The van der Waals surface area contributed by atoms with Crippen LogP contribution < -0.4 is 20.1 Å². The first-order valence-electron chi connectivity index (χ1n) is 22.4. The molecule has 0 aliphatic rings. The molecule has 0 aliphatic carbocycles. The van der Waals surface area contributed by atoms with Gasteiger partial charge in [-0.2, -0.15) is 0 Å². The van der Waals surface area contributed by atoms with Crippen LogP contribution in [0, 0.1) is 0 Å². The molecule has 3 N–H and O–H groups in total. The fraction of sp³-hybridized carbons (Fsp3) is 0.172. The summed E-state index contributed by atoms with van der Waals surface area (Å²) < 4.78 is 17.4. The highest BCUT2D eigenvalue weighted by molar-refractivity contribution is 6.01. The molecule has 0 aromatic heterocycles.